The lowest BCUT2D eigenvalue weighted by Gasteiger charge is -2.46. The Kier molecular flexibility index (Phi) is 8.69. The summed E-state index contributed by atoms with van der Waals surface area (Å²) < 4.78 is 13.4. The standard InChI is InChI=1S/C30H54O2/c1-19-7-9-25(15-21(19)3)31-27-11-13-29(23(5)17-27)30-14-12-28(18-24(30)6)32-26-10-8-20(2)22(4)16-26/h19-30H,7-18H2,1-6H3. The van der Waals surface area contributed by atoms with Crippen LogP contribution < -0.4 is 0 Å². The van der Waals surface area contributed by atoms with Crippen LogP contribution in [0.25, 0.3) is 0 Å². The molecule has 12 atom stereocenters. The molecule has 4 aliphatic carbocycles. The van der Waals surface area contributed by atoms with Crippen LogP contribution in [-0.4, -0.2) is 24.4 Å². The summed E-state index contributed by atoms with van der Waals surface area (Å²) in [5.74, 6) is 6.89. The Morgan fingerprint density at radius 3 is 0.969 bits per heavy atom. The van der Waals surface area contributed by atoms with Gasteiger partial charge in [-0.25, -0.2) is 0 Å². The number of rotatable bonds is 5. The zero-order valence-electron chi connectivity index (χ0n) is 22.2. The van der Waals surface area contributed by atoms with Crippen LogP contribution in [0.3, 0.4) is 0 Å². The first-order valence-electron chi connectivity index (χ1n) is 14.6. The molecule has 0 N–H and O–H groups in total. The molecule has 0 amide bonds. The lowest BCUT2D eigenvalue weighted by atomic mass is 9.64. The van der Waals surface area contributed by atoms with Crippen LogP contribution in [-0.2, 0) is 9.47 Å². The summed E-state index contributed by atoms with van der Waals surface area (Å²) in [6.45, 7) is 14.8. The quantitative estimate of drug-likeness (QED) is 0.423. The molecule has 4 rings (SSSR count). The molecule has 0 radical (unpaired) electrons. The van der Waals surface area contributed by atoms with Crippen molar-refractivity contribution in [3.05, 3.63) is 0 Å². The van der Waals surface area contributed by atoms with Crippen LogP contribution >= 0.6 is 0 Å². The smallest absolute Gasteiger partial charge is 0.0581 e. The highest BCUT2D eigenvalue weighted by molar-refractivity contribution is 4.90. The van der Waals surface area contributed by atoms with Gasteiger partial charge in [-0.2, -0.15) is 0 Å². The fourth-order valence-electron chi connectivity index (χ4n) is 8.05. The Morgan fingerprint density at radius 2 is 0.656 bits per heavy atom. The third-order valence-electron chi connectivity index (χ3n) is 10.8. The van der Waals surface area contributed by atoms with Crippen LogP contribution in [0.5, 0.6) is 0 Å². The van der Waals surface area contributed by atoms with E-state index in [-0.39, 0.29) is 0 Å². The minimum atomic E-state index is 0.525. The average molecular weight is 447 g/mol. The maximum absolute atomic E-state index is 6.68. The van der Waals surface area contributed by atoms with Crippen molar-refractivity contribution in [2.24, 2.45) is 47.3 Å². The van der Waals surface area contributed by atoms with E-state index in [9.17, 15) is 0 Å². The van der Waals surface area contributed by atoms with Gasteiger partial charge in [0.15, 0.2) is 0 Å². The third kappa shape index (κ3) is 6.12. The summed E-state index contributed by atoms with van der Waals surface area (Å²) in [6, 6.07) is 0. The lowest BCUT2D eigenvalue weighted by Crippen LogP contribution is -2.41. The Bertz CT molecular complexity index is 525. The largest absolute Gasteiger partial charge is 0.375 e. The predicted molar refractivity (Wildman–Crippen MR) is 135 cm³/mol. The molecule has 32 heavy (non-hydrogen) atoms. The predicted octanol–water partition coefficient (Wildman–Crippen LogP) is 8.28. The Labute approximate surface area is 200 Å². The highest BCUT2D eigenvalue weighted by Crippen LogP contribution is 2.46. The van der Waals surface area contributed by atoms with E-state index in [1.165, 1.54) is 77.0 Å². The molecular weight excluding hydrogens is 392 g/mol. The van der Waals surface area contributed by atoms with Crippen molar-refractivity contribution in [2.75, 3.05) is 0 Å². The SMILES string of the molecule is CC1CCC(OC2CCC(C3CCC(OC4CCC(C)C(C)C4)CC3C)C(C)C2)CC1C. The fourth-order valence-corrected chi connectivity index (χ4v) is 8.05. The highest BCUT2D eigenvalue weighted by atomic mass is 16.5. The molecule has 0 aliphatic heterocycles. The minimum absolute atomic E-state index is 0.525. The molecule has 4 fully saturated rings. The van der Waals surface area contributed by atoms with E-state index < -0.39 is 0 Å². The molecule has 0 aromatic rings. The van der Waals surface area contributed by atoms with Crippen molar-refractivity contribution in [1.29, 1.82) is 0 Å². The normalized spacial score (nSPS) is 50.8. The second-order valence-corrected chi connectivity index (χ2v) is 13.2. The van der Waals surface area contributed by atoms with Gasteiger partial charge in [0.1, 0.15) is 0 Å². The highest BCUT2D eigenvalue weighted by Gasteiger charge is 2.40. The summed E-state index contributed by atoms with van der Waals surface area (Å²) in [5.41, 5.74) is 0. The zero-order valence-corrected chi connectivity index (χ0v) is 22.2. The van der Waals surface area contributed by atoms with Gasteiger partial charge in [-0.15, -0.1) is 0 Å². The van der Waals surface area contributed by atoms with Gasteiger partial charge in [-0.3, -0.25) is 0 Å². The summed E-state index contributed by atoms with van der Waals surface area (Å²) in [7, 11) is 0. The van der Waals surface area contributed by atoms with Gasteiger partial charge in [-0.05, 0) is 124 Å². The van der Waals surface area contributed by atoms with Gasteiger partial charge in [0.05, 0.1) is 24.4 Å². The van der Waals surface area contributed by atoms with Crippen molar-refractivity contribution in [3.63, 3.8) is 0 Å². The summed E-state index contributed by atoms with van der Waals surface area (Å²) in [5, 5.41) is 0. The molecule has 2 nitrogen and oxygen atoms in total. The molecule has 4 aliphatic rings. The molecule has 0 aromatic carbocycles. The van der Waals surface area contributed by atoms with Crippen LogP contribution in [0.15, 0.2) is 0 Å². The first-order valence-corrected chi connectivity index (χ1v) is 14.6. The van der Waals surface area contributed by atoms with E-state index in [1.54, 1.807) is 0 Å². The molecule has 12 unspecified atom stereocenters. The maximum atomic E-state index is 6.68. The maximum Gasteiger partial charge on any atom is 0.0581 e. The first kappa shape index (κ1) is 25.0. The van der Waals surface area contributed by atoms with Crippen LogP contribution in [0.4, 0.5) is 0 Å². The lowest BCUT2D eigenvalue weighted by molar-refractivity contribution is -0.0975. The summed E-state index contributed by atoms with van der Waals surface area (Å²) in [6.07, 6.45) is 18.0. The Hall–Kier alpha value is -0.0800. The summed E-state index contributed by atoms with van der Waals surface area (Å²) >= 11 is 0. The molecule has 0 spiro atoms. The first-order chi connectivity index (χ1) is 15.3. The number of ether oxygens (including phenoxy) is 2. The summed E-state index contributed by atoms with van der Waals surface area (Å²) in [4.78, 5) is 0. The van der Waals surface area contributed by atoms with Gasteiger partial charge in [0, 0.05) is 0 Å². The topological polar surface area (TPSA) is 18.5 Å². The Morgan fingerprint density at radius 1 is 0.344 bits per heavy atom. The Balaban J connectivity index is 1.21. The van der Waals surface area contributed by atoms with Crippen LogP contribution in [0.1, 0.15) is 119 Å². The molecule has 0 saturated heterocycles. The van der Waals surface area contributed by atoms with E-state index in [0.717, 1.165) is 47.3 Å². The van der Waals surface area contributed by atoms with Gasteiger partial charge in [0.25, 0.3) is 0 Å². The zero-order chi connectivity index (χ0) is 22.8. The minimum Gasteiger partial charge on any atom is -0.375 e. The third-order valence-corrected chi connectivity index (χ3v) is 10.8. The second-order valence-electron chi connectivity index (χ2n) is 13.2. The molecule has 0 bridgehead atoms. The van der Waals surface area contributed by atoms with Crippen molar-refractivity contribution < 1.29 is 9.47 Å². The molecule has 2 heteroatoms. The van der Waals surface area contributed by atoms with Crippen molar-refractivity contribution in [3.8, 4) is 0 Å². The van der Waals surface area contributed by atoms with E-state index in [0.29, 0.717) is 24.4 Å². The number of hydrogen-bond acceptors (Lipinski definition) is 2. The molecule has 0 heterocycles. The molecule has 4 saturated carbocycles. The number of hydrogen-bond donors (Lipinski definition) is 0. The molecular formula is C30H54O2. The van der Waals surface area contributed by atoms with Gasteiger partial charge < -0.3 is 9.47 Å². The van der Waals surface area contributed by atoms with Gasteiger partial charge in [-0.1, -0.05) is 41.5 Å². The second kappa shape index (κ2) is 11.1. The van der Waals surface area contributed by atoms with Crippen molar-refractivity contribution in [1.82, 2.24) is 0 Å². The van der Waals surface area contributed by atoms with Crippen LogP contribution in [0.2, 0.25) is 0 Å². The van der Waals surface area contributed by atoms with E-state index in [2.05, 4.69) is 41.5 Å². The van der Waals surface area contributed by atoms with E-state index >= 15 is 0 Å². The molecule has 0 aromatic heterocycles. The van der Waals surface area contributed by atoms with E-state index in [1.807, 2.05) is 0 Å². The molecule has 186 valence electrons. The van der Waals surface area contributed by atoms with E-state index in [4.69, 9.17) is 9.47 Å². The average Bonchev–Trinajstić information content (AvgIpc) is 2.74. The van der Waals surface area contributed by atoms with Gasteiger partial charge >= 0.3 is 0 Å². The van der Waals surface area contributed by atoms with Gasteiger partial charge in [0.2, 0.25) is 0 Å². The monoisotopic (exact) mass is 446 g/mol. The van der Waals surface area contributed by atoms with Crippen LogP contribution in [0, 0.1) is 47.3 Å². The van der Waals surface area contributed by atoms with Crippen molar-refractivity contribution in [2.45, 2.75) is 143 Å². The fraction of sp³-hybridized carbons (Fsp3) is 1.00. The van der Waals surface area contributed by atoms with Crippen molar-refractivity contribution >= 4 is 0 Å².